The van der Waals surface area contributed by atoms with Crippen LogP contribution in [0.4, 0.5) is 0 Å². The Morgan fingerprint density at radius 3 is 3.10 bits per heavy atom. The van der Waals surface area contributed by atoms with Crippen LogP contribution >= 0.6 is 34.7 Å². The maximum atomic E-state index is 10.6. The predicted octanol–water partition coefficient (Wildman–Crippen LogP) is 4.77. The lowest BCUT2D eigenvalue weighted by atomic mass is 9.94. The second-order valence-electron chi connectivity index (χ2n) is 6.94. The number of aliphatic hydroxyl groups is 1. The number of aromatic nitrogens is 4. The summed E-state index contributed by atoms with van der Waals surface area (Å²) >= 11 is 9.13. The zero-order chi connectivity index (χ0) is 20.2. The first kappa shape index (κ1) is 18.3. The molecule has 3 N–H and O–H groups in total. The fourth-order valence-corrected chi connectivity index (χ4v) is 5.85. The molecular weight excluding hydrogens is 442 g/mol. The topological polar surface area (TPSA) is 99.9 Å². The molecule has 5 heterocycles. The number of pyridine rings is 1. The van der Waals surface area contributed by atoms with Crippen molar-refractivity contribution in [3.05, 3.63) is 52.8 Å². The van der Waals surface area contributed by atoms with Gasteiger partial charge in [0.2, 0.25) is 0 Å². The summed E-state index contributed by atoms with van der Waals surface area (Å²) in [6.45, 7) is 1.06. The number of aliphatic hydroxyl groups excluding tert-OH is 1. The van der Waals surface area contributed by atoms with Crippen molar-refractivity contribution in [2.45, 2.75) is 22.1 Å². The van der Waals surface area contributed by atoms with Crippen molar-refractivity contribution in [2.75, 3.05) is 6.54 Å². The third-order valence-corrected chi connectivity index (χ3v) is 7.28. The minimum Gasteiger partial charge on any atom is -0.449 e. The Balaban J connectivity index is 1.42. The molecule has 0 saturated heterocycles. The smallest absolute Gasteiger partial charge is 0.167 e. The van der Waals surface area contributed by atoms with Crippen molar-refractivity contribution in [3.8, 4) is 11.3 Å². The van der Waals surface area contributed by atoms with E-state index in [1.807, 2.05) is 30.3 Å². The first-order valence-corrected chi connectivity index (χ1v) is 11.3. The highest BCUT2D eigenvalue weighted by Gasteiger charge is 2.27. The number of fused-ring (bicyclic) bond motifs is 3. The summed E-state index contributed by atoms with van der Waals surface area (Å²) in [6, 6.07) is 9.54. The predicted molar refractivity (Wildman–Crippen MR) is 117 cm³/mol. The summed E-state index contributed by atoms with van der Waals surface area (Å²) in [7, 11) is 0. The van der Waals surface area contributed by atoms with Gasteiger partial charge in [-0.2, -0.15) is 5.10 Å². The van der Waals surface area contributed by atoms with Crippen molar-refractivity contribution in [2.24, 2.45) is 0 Å². The highest BCUT2D eigenvalue weighted by atomic mass is 35.5. The third kappa shape index (κ3) is 3.01. The van der Waals surface area contributed by atoms with Crippen molar-refractivity contribution in [1.82, 2.24) is 25.5 Å². The van der Waals surface area contributed by atoms with Crippen LogP contribution in [0.15, 0.2) is 50.4 Å². The van der Waals surface area contributed by atoms with Crippen molar-refractivity contribution in [1.29, 1.82) is 0 Å². The Bertz CT molecular complexity index is 1410. The minimum atomic E-state index is -0.661. The number of hydrogen-bond acceptors (Lipinski definition) is 8. The van der Waals surface area contributed by atoms with Crippen LogP contribution in [0, 0.1) is 0 Å². The molecule has 0 bridgehead atoms. The van der Waals surface area contributed by atoms with Gasteiger partial charge >= 0.3 is 0 Å². The molecule has 1 aliphatic rings. The number of halogens is 1. The van der Waals surface area contributed by atoms with Crippen LogP contribution in [-0.4, -0.2) is 31.8 Å². The number of furan rings is 1. The lowest BCUT2D eigenvalue weighted by molar-refractivity contribution is 0.164. The highest BCUT2D eigenvalue weighted by molar-refractivity contribution is 8.01. The number of nitrogens with one attached hydrogen (secondary N) is 2. The number of aromatic amines is 1. The molecule has 0 fully saturated rings. The fraction of sp³-hybridized carbons (Fsp3) is 0.150. The SMILES string of the molecule is OC1CNCc2nc3[nH]ncc3c(-c3ccc(Sc4nc5cc(Cl)ccc5s4)o3)c21. The van der Waals surface area contributed by atoms with E-state index in [-0.39, 0.29) is 0 Å². The average Bonchev–Trinajstić information content (AvgIpc) is 3.45. The standard InChI is InChI=1S/C20H14ClN5O2S2/c21-9-1-3-15-11(5-9)25-20(29-15)30-16-4-2-14(28-16)17-10-6-23-26-19(10)24-12-7-22-8-13(27)18(12)17/h1-6,13,22,27H,7-8H2,(H,23,24,26). The van der Waals surface area contributed by atoms with Crippen LogP contribution in [0.5, 0.6) is 0 Å². The molecule has 0 spiro atoms. The molecule has 1 atom stereocenters. The molecule has 1 aromatic carbocycles. The highest BCUT2D eigenvalue weighted by Crippen LogP contribution is 2.41. The van der Waals surface area contributed by atoms with E-state index in [2.05, 4.69) is 25.5 Å². The van der Waals surface area contributed by atoms with Gasteiger partial charge < -0.3 is 14.8 Å². The van der Waals surface area contributed by atoms with Gasteiger partial charge in [0.05, 0.1) is 33.6 Å². The first-order chi connectivity index (χ1) is 14.7. The Hall–Kier alpha value is -2.43. The van der Waals surface area contributed by atoms with Gasteiger partial charge in [-0.25, -0.2) is 9.97 Å². The lowest BCUT2D eigenvalue weighted by Gasteiger charge is -2.24. The van der Waals surface area contributed by atoms with Crippen molar-refractivity contribution in [3.63, 3.8) is 0 Å². The normalized spacial score (nSPS) is 16.4. The van der Waals surface area contributed by atoms with Gasteiger partial charge in [0.25, 0.3) is 0 Å². The molecule has 4 aromatic heterocycles. The molecule has 0 radical (unpaired) electrons. The number of H-pyrrole nitrogens is 1. The van der Waals surface area contributed by atoms with Gasteiger partial charge in [0.1, 0.15) is 5.76 Å². The van der Waals surface area contributed by atoms with Crippen molar-refractivity contribution >= 4 is 55.9 Å². The molecule has 0 aliphatic carbocycles. The Labute approximate surface area is 183 Å². The average molecular weight is 456 g/mol. The summed E-state index contributed by atoms with van der Waals surface area (Å²) in [4.78, 5) is 9.25. The van der Waals surface area contributed by atoms with Gasteiger partial charge in [-0.15, -0.1) is 11.3 Å². The number of rotatable bonds is 3. The molecule has 0 saturated carbocycles. The molecule has 5 aromatic rings. The van der Waals surface area contributed by atoms with Crippen LogP contribution in [0.3, 0.4) is 0 Å². The van der Waals surface area contributed by atoms with Crippen LogP contribution in [0.2, 0.25) is 5.02 Å². The number of hydrogen-bond donors (Lipinski definition) is 3. The van der Waals surface area contributed by atoms with Gasteiger partial charge in [-0.1, -0.05) is 11.6 Å². The number of β-amino-alcohol motifs (C(OH)–C–C–N with tert-alkyl or cyclic N) is 1. The third-order valence-electron chi connectivity index (χ3n) is 5.02. The summed E-state index contributed by atoms with van der Waals surface area (Å²) in [6.07, 6.45) is 1.06. The van der Waals surface area contributed by atoms with Gasteiger partial charge in [0, 0.05) is 29.2 Å². The Kier molecular flexibility index (Phi) is 4.32. The zero-order valence-corrected chi connectivity index (χ0v) is 17.7. The van der Waals surface area contributed by atoms with Crippen LogP contribution in [0.25, 0.3) is 32.6 Å². The molecule has 7 nitrogen and oxygen atoms in total. The van der Waals surface area contributed by atoms with E-state index >= 15 is 0 Å². The van der Waals surface area contributed by atoms with Crippen molar-refractivity contribution < 1.29 is 9.52 Å². The van der Waals surface area contributed by atoms with Gasteiger partial charge in [0.15, 0.2) is 15.1 Å². The van der Waals surface area contributed by atoms with Gasteiger partial charge in [-0.3, -0.25) is 5.10 Å². The van der Waals surface area contributed by atoms with Crippen LogP contribution in [0.1, 0.15) is 17.4 Å². The molecule has 6 rings (SSSR count). The molecular formula is C20H14ClN5O2S2. The van der Waals surface area contributed by atoms with E-state index in [1.54, 1.807) is 17.5 Å². The van der Waals surface area contributed by atoms with Crippen LogP contribution < -0.4 is 5.32 Å². The zero-order valence-electron chi connectivity index (χ0n) is 15.3. The van der Waals surface area contributed by atoms with E-state index in [9.17, 15) is 5.11 Å². The summed E-state index contributed by atoms with van der Waals surface area (Å²) in [5.41, 5.74) is 3.98. The summed E-state index contributed by atoms with van der Waals surface area (Å²) in [5, 5.41) is 23.1. The number of benzene rings is 1. The summed E-state index contributed by atoms with van der Waals surface area (Å²) < 4.78 is 8.14. The molecule has 1 unspecified atom stereocenters. The monoisotopic (exact) mass is 455 g/mol. The second-order valence-corrected chi connectivity index (χ2v) is 9.66. The Morgan fingerprint density at radius 1 is 1.23 bits per heavy atom. The molecule has 150 valence electrons. The Morgan fingerprint density at radius 2 is 2.17 bits per heavy atom. The van der Waals surface area contributed by atoms with E-state index in [4.69, 9.17) is 16.0 Å². The summed E-state index contributed by atoms with van der Waals surface area (Å²) in [5.74, 6) is 0.674. The molecule has 10 heteroatoms. The van der Waals surface area contributed by atoms with E-state index in [0.29, 0.717) is 29.5 Å². The maximum absolute atomic E-state index is 10.6. The maximum Gasteiger partial charge on any atom is 0.167 e. The quantitative estimate of drug-likeness (QED) is 0.360. The minimum absolute atomic E-state index is 0.474. The largest absolute Gasteiger partial charge is 0.449 e. The second kappa shape index (κ2) is 7.07. The molecule has 1 aliphatic heterocycles. The van der Waals surface area contributed by atoms with E-state index in [0.717, 1.165) is 41.9 Å². The fourth-order valence-electron chi connectivity index (χ4n) is 3.74. The van der Waals surface area contributed by atoms with E-state index < -0.39 is 6.10 Å². The molecule has 0 amide bonds. The lowest BCUT2D eigenvalue weighted by Crippen LogP contribution is -2.29. The van der Waals surface area contributed by atoms with Gasteiger partial charge in [-0.05, 0) is 42.1 Å². The number of thiazole rings is 1. The van der Waals surface area contributed by atoms with Crippen LogP contribution in [-0.2, 0) is 6.54 Å². The number of nitrogens with zero attached hydrogens (tertiary/aromatic N) is 3. The van der Waals surface area contributed by atoms with E-state index in [1.165, 1.54) is 11.8 Å². The molecule has 30 heavy (non-hydrogen) atoms. The first-order valence-electron chi connectivity index (χ1n) is 9.24.